The van der Waals surface area contributed by atoms with Gasteiger partial charge in [-0.05, 0) is 36.5 Å². The molecule has 0 bridgehead atoms. The largest absolute Gasteiger partial charge is 0.389 e. The predicted molar refractivity (Wildman–Crippen MR) is 79.5 cm³/mol. The fraction of sp³-hybridized carbons (Fsp3) is 0.333. The van der Waals surface area contributed by atoms with E-state index in [-0.39, 0.29) is 0 Å². The molecule has 1 aliphatic rings. The van der Waals surface area contributed by atoms with Gasteiger partial charge in [0.25, 0.3) is 0 Å². The maximum Gasteiger partial charge on any atom is 0.119 e. The summed E-state index contributed by atoms with van der Waals surface area (Å²) in [5.74, 6) is 0. The van der Waals surface area contributed by atoms with E-state index < -0.39 is 11.7 Å². The first-order chi connectivity index (χ1) is 9.74. The van der Waals surface area contributed by atoms with Crippen LogP contribution in [0.3, 0.4) is 0 Å². The molecule has 1 aliphatic heterocycles. The lowest BCUT2D eigenvalue weighted by Crippen LogP contribution is -2.28. The van der Waals surface area contributed by atoms with Gasteiger partial charge in [-0.2, -0.15) is 0 Å². The summed E-state index contributed by atoms with van der Waals surface area (Å²) in [5.41, 5.74) is 2.82. The van der Waals surface area contributed by atoms with Gasteiger partial charge >= 0.3 is 0 Å². The van der Waals surface area contributed by atoms with Gasteiger partial charge in [0.05, 0.1) is 6.10 Å². The van der Waals surface area contributed by atoms with E-state index in [0.717, 1.165) is 30.6 Å². The fourth-order valence-corrected chi connectivity index (χ4v) is 3.17. The van der Waals surface area contributed by atoms with Gasteiger partial charge in [0.1, 0.15) is 5.60 Å². The second-order valence-electron chi connectivity index (χ2n) is 5.41. The average molecular weight is 268 g/mol. The Labute approximate surface area is 120 Å². The summed E-state index contributed by atoms with van der Waals surface area (Å²) in [4.78, 5) is 0. The molecule has 0 amide bonds. The Balaban J connectivity index is 2.18. The Bertz CT molecular complexity index is 569. The first-order valence-electron chi connectivity index (χ1n) is 7.21. The van der Waals surface area contributed by atoms with Crippen LogP contribution in [-0.4, -0.2) is 11.7 Å². The highest BCUT2D eigenvalue weighted by Crippen LogP contribution is 2.44. The molecule has 2 atom stereocenters. The zero-order chi connectivity index (χ0) is 14.0. The van der Waals surface area contributed by atoms with Crippen LogP contribution in [0.5, 0.6) is 0 Å². The third kappa shape index (κ3) is 2.15. The van der Waals surface area contributed by atoms with E-state index in [2.05, 4.69) is 18.2 Å². The molecule has 2 unspecified atom stereocenters. The van der Waals surface area contributed by atoms with Gasteiger partial charge in [-0.3, -0.25) is 0 Å². The highest BCUT2D eigenvalue weighted by atomic mass is 16.5. The fourth-order valence-electron chi connectivity index (χ4n) is 3.17. The SMILES string of the molecule is CC(O)c1ccccc1C1(c2ccccc2)CCCO1. The lowest BCUT2D eigenvalue weighted by molar-refractivity contribution is 0.0332. The van der Waals surface area contributed by atoms with Crippen molar-refractivity contribution in [2.24, 2.45) is 0 Å². The smallest absolute Gasteiger partial charge is 0.119 e. The molecule has 0 aromatic heterocycles. The Morgan fingerprint density at radius 1 is 1.05 bits per heavy atom. The van der Waals surface area contributed by atoms with E-state index >= 15 is 0 Å². The maximum absolute atomic E-state index is 10.1. The van der Waals surface area contributed by atoms with Gasteiger partial charge in [0.15, 0.2) is 0 Å². The zero-order valence-corrected chi connectivity index (χ0v) is 11.8. The van der Waals surface area contributed by atoms with Crippen LogP contribution in [0.2, 0.25) is 0 Å². The molecule has 0 aliphatic carbocycles. The number of aliphatic hydroxyl groups excluding tert-OH is 1. The molecule has 2 heteroatoms. The van der Waals surface area contributed by atoms with Crippen LogP contribution in [-0.2, 0) is 10.3 Å². The lowest BCUT2D eigenvalue weighted by Gasteiger charge is -2.32. The molecule has 104 valence electrons. The van der Waals surface area contributed by atoms with Crippen LogP contribution in [0.25, 0.3) is 0 Å². The van der Waals surface area contributed by atoms with Crippen molar-refractivity contribution in [1.29, 1.82) is 0 Å². The second-order valence-corrected chi connectivity index (χ2v) is 5.41. The van der Waals surface area contributed by atoms with Gasteiger partial charge < -0.3 is 9.84 Å². The Morgan fingerprint density at radius 2 is 1.75 bits per heavy atom. The molecule has 3 rings (SSSR count). The van der Waals surface area contributed by atoms with Crippen molar-refractivity contribution in [3.8, 4) is 0 Å². The maximum atomic E-state index is 10.1. The number of hydrogen-bond donors (Lipinski definition) is 1. The van der Waals surface area contributed by atoms with Crippen molar-refractivity contribution in [1.82, 2.24) is 0 Å². The Kier molecular flexibility index (Phi) is 3.60. The number of benzene rings is 2. The molecule has 2 aromatic rings. The monoisotopic (exact) mass is 268 g/mol. The Morgan fingerprint density at radius 3 is 2.40 bits per heavy atom. The van der Waals surface area contributed by atoms with E-state index in [4.69, 9.17) is 4.74 Å². The topological polar surface area (TPSA) is 29.5 Å². The number of ether oxygens (including phenoxy) is 1. The Hall–Kier alpha value is -1.64. The highest BCUT2D eigenvalue weighted by molar-refractivity contribution is 5.42. The molecule has 1 heterocycles. The second kappa shape index (κ2) is 5.39. The van der Waals surface area contributed by atoms with E-state index in [1.807, 2.05) is 43.3 Å². The minimum absolute atomic E-state index is 0.408. The summed E-state index contributed by atoms with van der Waals surface area (Å²) in [7, 11) is 0. The first-order valence-corrected chi connectivity index (χ1v) is 7.21. The van der Waals surface area contributed by atoms with E-state index in [9.17, 15) is 5.11 Å². The summed E-state index contributed by atoms with van der Waals surface area (Å²) in [5, 5.41) is 10.1. The minimum atomic E-state index is -0.490. The molecule has 2 nitrogen and oxygen atoms in total. The molecule has 0 radical (unpaired) electrons. The molecule has 2 aromatic carbocycles. The summed E-state index contributed by atoms with van der Waals surface area (Å²) in [6.45, 7) is 2.58. The third-order valence-electron chi connectivity index (χ3n) is 4.11. The summed E-state index contributed by atoms with van der Waals surface area (Å²) < 4.78 is 6.19. The van der Waals surface area contributed by atoms with Crippen molar-refractivity contribution >= 4 is 0 Å². The van der Waals surface area contributed by atoms with Crippen molar-refractivity contribution in [3.63, 3.8) is 0 Å². The molecule has 0 saturated carbocycles. The van der Waals surface area contributed by atoms with Crippen LogP contribution in [0.15, 0.2) is 54.6 Å². The molecule has 1 N–H and O–H groups in total. The van der Waals surface area contributed by atoms with Gasteiger partial charge in [0, 0.05) is 6.61 Å². The van der Waals surface area contributed by atoms with Crippen molar-refractivity contribution in [3.05, 3.63) is 71.3 Å². The predicted octanol–water partition coefficient (Wildman–Crippen LogP) is 3.79. The van der Waals surface area contributed by atoms with Gasteiger partial charge in [-0.25, -0.2) is 0 Å². The van der Waals surface area contributed by atoms with E-state index in [1.54, 1.807) is 0 Å². The van der Waals surface area contributed by atoms with Gasteiger partial charge in [0.2, 0.25) is 0 Å². The molecule has 0 spiro atoms. The average Bonchev–Trinajstić information content (AvgIpc) is 2.99. The van der Waals surface area contributed by atoms with Crippen LogP contribution in [0.4, 0.5) is 0 Å². The lowest BCUT2D eigenvalue weighted by atomic mass is 9.80. The zero-order valence-electron chi connectivity index (χ0n) is 11.8. The quantitative estimate of drug-likeness (QED) is 0.917. The van der Waals surface area contributed by atoms with Crippen molar-refractivity contribution < 1.29 is 9.84 Å². The van der Waals surface area contributed by atoms with Crippen LogP contribution in [0, 0.1) is 0 Å². The van der Waals surface area contributed by atoms with Crippen LogP contribution < -0.4 is 0 Å². The molecule has 20 heavy (non-hydrogen) atoms. The van der Waals surface area contributed by atoms with Crippen LogP contribution in [0.1, 0.15) is 42.6 Å². The van der Waals surface area contributed by atoms with E-state index in [0.29, 0.717) is 0 Å². The number of hydrogen-bond acceptors (Lipinski definition) is 2. The van der Waals surface area contributed by atoms with E-state index in [1.165, 1.54) is 5.56 Å². The van der Waals surface area contributed by atoms with Crippen molar-refractivity contribution in [2.75, 3.05) is 6.61 Å². The molecule has 1 saturated heterocycles. The number of rotatable bonds is 3. The first kappa shape index (κ1) is 13.3. The van der Waals surface area contributed by atoms with Crippen molar-refractivity contribution in [2.45, 2.75) is 31.5 Å². The van der Waals surface area contributed by atoms with Crippen LogP contribution >= 0.6 is 0 Å². The molecular weight excluding hydrogens is 248 g/mol. The minimum Gasteiger partial charge on any atom is -0.389 e. The van der Waals surface area contributed by atoms with Gasteiger partial charge in [-0.15, -0.1) is 0 Å². The molecule has 1 fully saturated rings. The number of aliphatic hydroxyl groups is 1. The summed E-state index contributed by atoms with van der Waals surface area (Å²) >= 11 is 0. The standard InChI is InChI=1S/C18H20O2/c1-14(19)16-10-5-6-11-17(16)18(12-7-13-20-18)15-8-3-2-4-9-15/h2-6,8-11,14,19H,7,12-13H2,1H3. The molecular formula is C18H20O2. The third-order valence-corrected chi connectivity index (χ3v) is 4.11. The summed E-state index contributed by atoms with van der Waals surface area (Å²) in [6, 6.07) is 18.4. The summed E-state index contributed by atoms with van der Waals surface area (Å²) in [6.07, 6.45) is 1.51. The normalized spacial score (nSPS) is 23.7. The van der Waals surface area contributed by atoms with Gasteiger partial charge in [-0.1, -0.05) is 54.6 Å². The highest BCUT2D eigenvalue weighted by Gasteiger charge is 2.40.